The Morgan fingerprint density at radius 1 is 1.19 bits per heavy atom. The third-order valence-electron chi connectivity index (χ3n) is 3.28. The van der Waals surface area contributed by atoms with Gasteiger partial charge in [-0.1, -0.05) is 24.4 Å². The molecule has 1 aromatic rings. The largest absolute Gasteiger partial charge is 0.324 e. The van der Waals surface area contributed by atoms with Gasteiger partial charge in [-0.2, -0.15) is 0 Å². The van der Waals surface area contributed by atoms with Gasteiger partial charge in [0.05, 0.1) is 0 Å². The lowest BCUT2D eigenvalue weighted by Gasteiger charge is -2.20. The summed E-state index contributed by atoms with van der Waals surface area (Å²) in [6, 6.07) is 1.68. The van der Waals surface area contributed by atoms with Gasteiger partial charge in [0.2, 0.25) is 0 Å². The second kappa shape index (κ2) is 4.68. The first-order chi connectivity index (χ1) is 7.59. The number of benzene rings is 1. The van der Waals surface area contributed by atoms with E-state index in [9.17, 15) is 8.78 Å². The van der Waals surface area contributed by atoms with E-state index in [1.165, 1.54) is 0 Å². The van der Waals surface area contributed by atoms with Gasteiger partial charge in [0, 0.05) is 16.6 Å². The van der Waals surface area contributed by atoms with Gasteiger partial charge in [-0.3, -0.25) is 0 Å². The summed E-state index contributed by atoms with van der Waals surface area (Å²) in [5.41, 5.74) is 5.91. The molecule has 1 saturated carbocycles. The van der Waals surface area contributed by atoms with E-state index in [4.69, 9.17) is 17.3 Å². The lowest BCUT2D eigenvalue weighted by atomic mass is 9.92. The van der Waals surface area contributed by atoms with Crippen molar-refractivity contribution < 1.29 is 8.78 Å². The minimum atomic E-state index is -0.635. The summed E-state index contributed by atoms with van der Waals surface area (Å²) < 4.78 is 27.2. The van der Waals surface area contributed by atoms with Gasteiger partial charge in [-0.25, -0.2) is 8.78 Å². The summed E-state index contributed by atoms with van der Waals surface area (Å²) in [5, 5.41) is 0.0670. The molecule has 2 N–H and O–H groups in total. The first-order valence-corrected chi connectivity index (χ1v) is 5.87. The zero-order valence-corrected chi connectivity index (χ0v) is 9.61. The molecule has 0 heterocycles. The monoisotopic (exact) mass is 245 g/mol. The standard InChI is InChI=1S/C12H14ClF2N/c13-8-5-9(14)11(10(15)6-8)12(16)7-3-1-2-4-7/h5-7,12H,1-4,16H2/t12-/m0/s1. The molecule has 0 aromatic heterocycles. The zero-order valence-electron chi connectivity index (χ0n) is 8.85. The number of hydrogen-bond donors (Lipinski definition) is 1. The fourth-order valence-electron chi connectivity index (χ4n) is 2.42. The highest BCUT2D eigenvalue weighted by Crippen LogP contribution is 2.36. The van der Waals surface area contributed by atoms with Crippen LogP contribution in [0.2, 0.25) is 5.02 Å². The molecule has 0 bridgehead atoms. The predicted octanol–water partition coefficient (Wildman–Crippen LogP) is 3.81. The van der Waals surface area contributed by atoms with Gasteiger partial charge in [0.25, 0.3) is 0 Å². The fourth-order valence-corrected chi connectivity index (χ4v) is 2.62. The number of hydrogen-bond acceptors (Lipinski definition) is 1. The van der Waals surface area contributed by atoms with Crippen molar-refractivity contribution in [2.75, 3.05) is 0 Å². The van der Waals surface area contributed by atoms with Crippen LogP contribution in [-0.4, -0.2) is 0 Å². The first-order valence-electron chi connectivity index (χ1n) is 5.49. The normalized spacial score (nSPS) is 19.0. The van der Waals surface area contributed by atoms with Crippen LogP contribution < -0.4 is 5.73 Å². The average molecular weight is 246 g/mol. The minimum absolute atomic E-state index is 0.0173. The second-order valence-corrected chi connectivity index (χ2v) is 4.79. The predicted molar refractivity (Wildman–Crippen MR) is 60.3 cm³/mol. The van der Waals surface area contributed by atoms with E-state index in [0.717, 1.165) is 37.8 Å². The molecule has 1 aliphatic carbocycles. The van der Waals surface area contributed by atoms with Gasteiger partial charge < -0.3 is 5.73 Å². The molecule has 0 unspecified atom stereocenters. The first kappa shape index (κ1) is 11.8. The van der Waals surface area contributed by atoms with Crippen LogP contribution in [0.5, 0.6) is 0 Å². The Balaban J connectivity index is 2.31. The summed E-state index contributed by atoms with van der Waals surface area (Å²) in [7, 11) is 0. The Bertz CT molecular complexity index is 366. The zero-order chi connectivity index (χ0) is 11.7. The van der Waals surface area contributed by atoms with Crippen LogP contribution in [0.1, 0.15) is 37.3 Å². The molecule has 0 spiro atoms. The Hall–Kier alpha value is -0.670. The molecule has 2 rings (SSSR count). The summed E-state index contributed by atoms with van der Waals surface area (Å²) in [6.45, 7) is 0. The summed E-state index contributed by atoms with van der Waals surface area (Å²) in [6.07, 6.45) is 4.08. The average Bonchev–Trinajstić information content (AvgIpc) is 2.67. The molecule has 0 saturated heterocycles. The molecule has 0 aliphatic heterocycles. The van der Waals surface area contributed by atoms with Crippen LogP contribution in [-0.2, 0) is 0 Å². The number of halogens is 3. The molecule has 16 heavy (non-hydrogen) atoms. The maximum absolute atomic E-state index is 13.6. The third kappa shape index (κ3) is 2.20. The van der Waals surface area contributed by atoms with Crippen LogP contribution in [0.3, 0.4) is 0 Å². The molecule has 1 fully saturated rings. The highest BCUT2D eigenvalue weighted by molar-refractivity contribution is 6.30. The van der Waals surface area contributed by atoms with Crippen molar-refractivity contribution in [1.29, 1.82) is 0 Å². The van der Waals surface area contributed by atoms with Gasteiger partial charge in [-0.05, 0) is 30.9 Å². The van der Waals surface area contributed by atoms with Gasteiger partial charge in [0.15, 0.2) is 0 Å². The van der Waals surface area contributed by atoms with Crippen molar-refractivity contribution in [1.82, 2.24) is 0 Å². The molecule has 0 radical (unpaired) electrons. The van der Waals surface area contributed by atoms with Crippen LogP contribution >= 0.6 is 11.6 Å². The Morgan fingerprint density at radius 2 is 1.69 bits per heavy atom. The van der Waals surface area contributed by atoms with Crippen molar-refractivity contribution >= 4 is 11.6 Å². The molecular weight excluding hydrogens is 232 g/mol. The highest BCUT2D eigenvalue weighted by atomic mass is 35.5. The second-order valence-electron chi connectivity index (χ2n) is 4.35. The van der Waals surface area contributed by atoms with Crippen LogP contribution in [0.25, 0.3) is 0 Å². The fraction of sp³-hybridized carbons (Fsp3) is 0.500. The van der Waals surface area contributed by atoms with Gasteiger partial charge in [0.1, 0.15) is 11.6 Å². The van der Waals surface area contributed by atoms with Gasteiger partial charge >= 0.3 is 0 Å². The maximum Gasteiger partial charge on any atom is 0.132 e. The lowest BCUT2D eigenvalue weighted by Crippen LogP contribution is -2.21. The van der Waals surface area contributed by atoms with E-state index < -0.39 is 17.7 Å². The van der Waals surface area contributed by atoms with Crippen LogP contribution in [0.15, 0.2) is 12.1 Å². The van der Waals surface area contributed by atoms with Crippen molar-refractivity contribution in [2.24, 2.45) is 11.7 Å². The van der Waals surface area contributed by atoms with Crippen molar-refractivity contribution in [3.63, 3.8) is 0 Å². The lowest BCUT2D eigenvalue weighted by molar-refractivity contribution is 0.410. The number of nitrogens with two attached hydrogens (primary N) is 1. The maximum atomic E-state index is 13.6. The van der Waals surface area contributed by atoms with Crippen molar-refractivity contribution in [3.05, 3.63) is 34.4 Å². The van der Waals surface area contributed by atoms with E-state index in [-0.39, 0.29) is 16.5 Å². The van der Waals surface area contributed by atoms with E-state index in [2.05, 4.69) is 0 Å². The summed E-state index contributed by atoms with van der Waals surface area (Å²) in [4.78, 5) is 0. The Morgan fingerprint density at radius 3 is 2.19 bits per heavy atom. The third-order valence-corrected chi connectivity index (χ3v) is 3.50. The molecule has 0 amide bonds. The highest BCUT2D eigenvalue weighted by Gasteiger charge is 2.27. The Kier molecular flexibility index (Phi) is 3.45. The minimum Gasteiger partial charge on any atom is -0.324 e. The molecule has 88 valence electrons. The van der Waals surface area contributed by atoms with E-state index >= 15 is 0 Å². The van der Waals surface area contributed by atoms with Crippen LogP contribution in [0.4, 0.5) is 8.78 Å². The molecule has 1 atom stereocenters. The Labute approximate surface area is 98.6 Å². The molecular formula is C12H14ClF2N. The van der Waals surface area contributed by atoms with E-state index in [1.54, 1.807) is 0 Å². The van der Waals surface area contributed by atoms with Gasteiger partial charge in [-0.15, -0.1) is 0 Å². The molecule has 1 nitrogen and oxygen atoms in total. The van der Waals surface area contributed by atoms with E-state index in [1.807, 2.05) is 0 Å². The number of rotatable bonds is 2. The van der Waals surface area contributed by atoms with Crippen LogP contribution in [0, 0.1) is 17.6 Å². The molecule has 1 aromatic carbocycles. The SMILES string of the molecule is N[C@H](c1c(F)cc(Cl)cc1F)C1CCCC1. The molecule has 1 aliphatic rings. The van der Waals surface area contributed by atoms with E-state index in [0.29, 0.717) is 0 Å². The van der Waals surface area contributed by atoms with Crippen molar-refractivity contribution in [3.8, 4) is 0 Å². The summed E-state index contributed by atoms with van der Waals surface area (Å²) in [5.74, 6) is -1.08. The molecule has 4 heteroatoms. The van der Waals surface area contributed by atoms with Crippen molar-refractivity contribution in [2.45, 2.75) is 31.7 Å². The quantitative estimate of drug-likeness (QED) is 0.843. The summed E-state index contributed by atoms with van der Waals surface area (Å²) >= 11 is 5.57. The topological polar surface area (TPSA) is 26.0 Å². The smallest absolute Gasteiger partial charge is 0.132 e.